The van der Waals surface area contributed by atoms with Crippen molar-refractivity contribution in [2.45, 2.75) is 20.0 Å². The van der Waals surface area contributed by atoms with Crippen molar-refractivity contribution in [3.8, 4) is 0 Å². The van der Waals surface area contributed by atoms with Gasteiger partial charge in [0.2, 0.25) is 0 Å². The summed E-state index contributed by atoms with van der Waals surface area (Å²) in [6.07, 6.45) is 1.61. The van der Waals surface area contributed by atoms with E-state index in [0.717, 1.165) is 0 Å². The van der Waals surface area contributed by atoms with E-state index < -0.39 is 11.9 Å². The molecule has 2 heterocycles. The molecular weight excluding hydrogens is 212 g/mol. The van der Waals surface area contributed by atoms with E-state index in [4.69, 9.17) is 0 Å². The number of hydrogen-bond donors (Lipinski definition) is 0. The van der Waals surface area contributed by atoms with Crippen LogP contribution in [0.25, 0.3) is 0 Å². The molecule has 0 aliphatic carbocycles. The van der Waals surface area contributed by atoms with Gasteiger partial charge in [0.05, 0.1) is 13.2 Å². The first-order valence-corrected chi connectivity index (χ1v) is 5.05. The predicted molar refractivity (Wildman–Crippen MR) is 52.1 cm³/mol. The highest BCUT2D eigenvalue weighted by Gasteiger charge is 2.27. The van der Waals surface area contributed by atoms with Crippen molar-refractivity contribution in [2.24, 2.45) is 0 Å². The molecule has 0 atom stereocenters. The fourth-order valence-corrected chi connectivity index (χ4v) is 1.56. The summed E-state index contributed by atoms with van der Waals surface area (Å²) in [6.45, 7) is 3.25. The smallest absolute Gasteiger partial charge is 0.397 e. The molecule has 0 bridgehead atoms. The topological polar surface area (TPSA) is 77.3 Å². The van der Waals surface area contributed by atoms with Gasteiger partial charge in [-0.2, -0.15) is 0 Å². The lowest BCUT2D eigenvalue weighted by Crippen LogP contribution is -2.42. The number of aromatic nitrogens is 3. The molecule has 0 saturated heterocycles. The van der Waals surface area contributed by atoms with Crippen LogP contribution in [-0.4, -0.2) is 44.7 Å². The molecule has 1 aliphatic rings. The predicted octanol–water partition coefficient (Wildman–Crippen LogP) is -0.817. The molecule has 16 heavy (non-hydrogen) atoms. The first-order valence-electron chi connectivity index (χ1n) is 5.05. The molecule has 0 aromatic carbocycles. The van der Waals surface area contributed by atoms with Crippen LogP contribution in [0.4, 0.5) is 0 Å². The van der Waals surface area contributed by atoms with Crippen LogP contribution >= 0.6 is 0 Å². The van der Waals surface area contributed by atoms with Crippen molar-refractivity contribution in [3.63, 3.8) is 0 Å². The average molecular weight is 224 g/mol. The van der Waals surface area contributed by atoms with Crippen molar-refractivity contribution in [1.29, 1.82) is 0 Å². The minimum absolute atomic E-state index is 0.203. The highest BCUT2D eigenvalue weighted by Crippen LogP contribution is 2.09. The Bertz CT molecular complexity index is 415. The second-order valence-electron chi connectivity index (χ2n) is 3.39. The molecule has 7 heteroatoms. The Hall–Kier alpha value is -1.92. The lowest BCUT2D eigenvalue weighted by molar-refractivity contribution is -0.160. The number of carbonyl (C=O) groups excluding carboxylic acids is 2. The maximum atomic E-state index is 11.6. The van der Waals surface area contributed by atoms with Gasteiger partial charge in [-0.3, -0.25) is 4.79 Å². The van der Waals surface area contributed by atoms with Crippen molar-refractivity contribution >= 4 is 11.9 Å². The SMILES string of the molecule is CCOC(=O)C(=O)N1CCn2cnnc2C1. The number of carbonyl (C=O) groups is 2. The normalized spacial score (nSPS) is 14.4. The highest BCUT2D eigenvalue weighted by molar-refractivity contribution is 6.32. The third-order valence-electron chi connectivity index (χ3n) is 2.38. The number of fused-ring (bicyclic) bond motifs is 1. The fraction of sp³-hybridized carbons (Fsp3) is 0.556. The van der Waals surface area contributed by atoms with E-state index in [1.807, 2.05) is 4.57 Å². The van der Waals surface area contributed by atoms with Gasteiger partial charge in [0.25, 0.3) is 0 Å². The maximum absolute atomic E-state index is 11.6. The molecular formula is C9H12N4O3. The third kappa shape index (κ3) is 1.88. The van der Waals surface area contributed by atoms with Crippen molar-refractivity contribution in [1.82, 2.24) is 19.7 Å². The Balaban J connectivity index is 2.03. The summed E-state index contributed by atoms with van der Waals surface area (Å²) in [6, 6.07) is 0. The Labute approximate surface area is 92.0 Å². The number of hydrogen-bond acceptors (Lipinski definition) is 5. The molecule has 0 N–H and O–H groups in total. The number of amides is 1. The van der Waals surface area contributed by atoms with E-state index in [0.29, 0.717) is 25.5 Å². The molecule has 7 nitrogen and oxygen atoms in total. The largest absolute Gasteiger partial charge is 0.459 e. The molecule has 0 saturated carbocycles. The summed E-state index contributed by atoms with van der Waals surface area (Å²) in [7, 11) is 0. The molecule has 86 valence electrons. The molecule has 0 spiro atoms. The number of rotatable bonds is 1. The molecule has 0 radical (unpaired) electrons. The van der Waals surface area contributed by atoms with E-state index in [1.54, 1.807) is 13.3 Å². The van der Waals surface area contributed by atoms with Gasteiger partial charge in [-0.05, 0) is 6.92 Å². The zero-order valence-corrected chi connectivity index (χ0v) is 8.92. The molecule has 0 unspecified atom stereocenters. The van der Waals surface area contributed by atoms with E-state index in [2.05, 4.69) is 14.9 Å². The second-order valence-corrected chi connectivity index (χ2v) is 3.39. The molecule has 1 aromatic rings. The molecule has 2 rings (SSSR count). The van der Waals surface area contributed by atoms with Crippen LogP contribution in [0.1, 0.15) is 12.7 Å². The number of nitrogens with zero attached hydrogens (tertiary/aromatic N) is 4. The zero-order chi connectivity index (χ0) is 11.5. The summed E-state index contributed by atoms with van der Waals surface area (Å²) >= 11 is 0. The molecule has 0 fully saturated rings. The van der Waals surface area contributed by atoms with E-state index in [9.17, 15) is 9.59 Å². The van der Waals surface area contributed by atoms with Crippen molar-refractivity contribution in [3.05, 3.63) is 12.2 Å². The van der Waals surface area contributed by atoms with Gasteiger partial charge in [-0.1, -0.05) is 0 Å². The van der Waals surface area contributed by atoms with E-state index in [1.165, 1.54) is 4.90 Å². The van der Waals surface area contributed by atoms with Gasteiger partial charge in [0.1, 0.15) is 6.33 Å². The maximum Gasteiger partial charge on any atom is 0.397 e. The summed E-state index contributed by atoms with van der Waals surface area (Å²) in [4.78, 5) is 24.3. The Morgan fingerprint density at radius 2 is 2.31 bits per heavy atom. The number of esters is 1. The van der Waals surface area contributed by atoms with E-state index in [-0.39, 0.29) is 6.61 Å². The Kier molecular flexibility index (Phi) is 2.84. The summed E-state index contributed by atoms with van der Waals surface area (Å²) in [5.41, 5.74) is 0. The van der Waals surface area contributed by atoms with Gasteiger partial charge in [-0.15, -0.1) is 10.2 Å². The first kappa shape index (κ1) is 10.6. The van der Waals surface area contributed by atoms with Crippen molar-refractivity contribution in [2.75, 3.05) is 13.2 Å². The fourth-order valence-electron chi connectivity index (χ4n) is 1.56. The Morgan fingerprint density at radius 1 is 1.50 bits per heavy atom. The summed E-state index contributed by atoms with van der Waals surface area (Å²) in [5.74, 6) is -0.740. The van der Waals surface area contributed by atoms with Gasteiger partial charge in [0, 0.05) is 13.1 Å². The monoisotopic (exact) mass is 224 g/mol. The van der Waals surface area contributed by atoms with Crippen LogP contribution in [0, 0.1) is 0 Å². The van der Waals surface area contributed by atoms with Crippen LogP contribution in [-0.2, 0) is 27.4 Å². The third-order valence-corrected chi connectivity index (χ3v) is 2.38. The molecule has 1 aromatic heterocycles. The van der Waals surface area contributed by atoms with Crippen LogP contribution in [0.15, 0.2) is 6.33 Å². The van der Waals surface area contributed by atoms with Crippen LogP contribution < -0.4 is 0 Å². The zero-order valence-electron chi connectivity index (χ0n) is 8.92. The Morgan fingerprint density at radius 3 is 3.06 bits per heavy atom. The van der Waals surface area contributed by atoms with Crippen LogP contribution in [0.5, 0.6) is 0 Å². The molecule has 1 amide bonds. The quantitative estimate of drug-likeness (QED) is 0.460. The van der Waals surface area contributed by atoms with E-state index >= 15 is 0 Å². The van der Waals surface area contributed by atoms with Gasteiger partial charge in [-0.25, -0.2) is 4.79 Å². The van der Waals surface area contributed by atoms with Crippen molar-refractivity contribution < 1.29 is 14.3 Å². The lowest BCUT2D eigenvalue weighted by atomic mass is 10.3. The van der Waals surface area contributed by atoms with Gasteiger partial charge < -0.3 is 14.2 Å². The van der Waals surface area contributed by atoms with Crippen LogP contribution in [0.2, 0.25) is 0 Å². The summed E-state index contributed by atoms with van der Waals surface area (Å²) < 4.78 is 6.51. The lowest BCUT2D eigenvalue weighted by Gasteiger charge is -2.25. The number of ether oxygens (including phenoxy) is 1. The minimum atomic E-state index is -0.810. The first-order chi connectivity index (χ1) is 7.72. The molecule has 1 aliphatic heterocycles. The van der Waals surface area contributed by atoms with Gasteiger partial charge >= 0.3 is 11.9 Å². The second kappa shape index (κ2) is 4.30. The minimum Gasteiger partial charge on any atom is -0.459 e. The highest BCUT2D eigenvalue weighted by atomic mass is 16.5. The van der Waals surface area contributed by atoms with Gasteiger partial charge in [0.15, 0.2) is 5.82 Å². The summed E-state index contributed by atoms with van der Waals surface area (Å²) in [5, 5.41) is 7.60. The van der Waals surface area contributed by atoms with Crippen LogP contribution in [0.3, 0.4) is 0 Å². The average Bonchev–Trinajstić information content (AvgIpc) is 2.75. The standard InChI is InChI=1S/C9H12N4O3/c1-2-16-9(15)8(14)12-3-4-13-6-10-11-7(13)5-12/h6H,2-5H2,1H3.